The molecular formula is C22H20ClNO3S. The van der Waals surface area contributed by atoms with Crippen molar-refractivity contribution in [3.05, 3.63) is 69.6 Å². The van der Waals surface area contributed by atoms with Gasteiger partial charge >= 0.3 is 0 Å². The average Bonchev–Trinajstić information content (AvgIpc) is 3.23. The maximum atomic E-state index is 13.4. The molecule has 0 N–H and O–H groups in total. The maximum absolute atomic E-state index is 13.4. The molecule has 1 spiro atoms. The number of methoxy groups -OCH3 is 2. The van der Waals surface area contributed by atoms with Crippen LogP contribution in [0.25, 0.3) is 6.08 Å². The number of nitrogens with zero attached hydrogens (tertiary/aromatic N) is 1. The summed E-state index contributed by atoms with van der Waals surface area (Å²) >= 11 is 7.83. The predicted molar refractivity (Wildman–Crippen MR) is 115 cm³/mol. The molecule has 1 atom stereocenters. The molecule has 2 aromatic rings. The number of carbonyl (C=O) groups is 1. The van der Waals surface area contributed by atoms with Crippen LogP contribution in [0.4, 0.5) is 5.69 Å². The summed E-state index contributed by atoms with van der Waals surface area (Å²) in [5.41, 5.74) is 2.71. The van der Waals surface area contributed by atoms with Crippen LogP contribution in [0.15, 0.2) is 53.5 Å². The molecule has 4 rings (SSSR count). The molecule has 4 nitrogen and oxygen atoms in total. The van der Waals surface area contributed by atoms with Gasteiger partial charge in [-0.1, -0.05) is 53.7 Å². The Balaban J connectivity index is 1.80. The second-order valence-electron chi connectivity index (χ2n) is 6.51. The molecule has 0 fully saturated rings. The van der Waals surface area contributed by atoms with Gasteiger partial charge < -0.3 is 14.4 Å². The molecule has 0 aromatic heterocycles. The summed E-state index contributed by atoms with van der Waals surface area (Å²) in [7, 11) is 3.20. The van der Waals surface area contributed by atoms with Crippen molar-refractivity contribution in [2.75, 3.05) is 25.7 Å². The molecule has 0 bridgehead atoms. The van der Waals surface area contributed by atoms with Gasteiger partial charge in [0.05, 0.1) is 19.9 Å². The lowest BCUT2D eigenvalue weighted by molar-refractivity contribution is -0.119. The number of allylic oxidation sites excluding steroid dienone is 1. The largest absolute Gasteiger partial charge is 0.493 e. The number of thioether (sulfide) groups is 1. The van der Waals surface area contributed by atoms with Crippen molar-refractivity contribution < 1.29 is 14.3 Å². The lowest BCUT2D eigenvalue weighted by Gasteiger charge is -2.21. The third kappa shape index (κ3) is 2.81. The van der Waals surface area contributed by atoms with E-state index in [9.17, 15) is 4.79 Å². The SMILES string of the molecule is CCN1C(=O)C2(C=C/C(=C/c3ccccc3Cl)S2)c2cc(OC)c(OC)cc21. The van der Waals surface area contributed by atoms with Gasteiger partial charge in [0.25, 0.3) is 5.91 Å². The van der Waals surface area contributed by atoms with Gasteiger partial charge in [0.2, 0.25) is 0 Å². The van der Waals surface area contributed by atoms with Gasteiger partial charge in [0.15, 0.2) is 11.5 Å². The lowest BCUT2D eigenvalue weighted by atomic mass is 9.98. The van der Waals surface area contributed by atoms with Crippen LogP contribution in [0.3, 0.4) is 0 Å². The normalized spacial score (nSPS) is 21.6. The number of carbonyl (C=O) groups excluding carboxylic acids is 1. The Morgan fingerprint density at radius 3 is 2.57 bits per heavy atom. The zero-order valence-electron chi connectivity index (χ0n) is 15.9. The van der Waals surface area contributed by atoms with Crippen LogP contribution in [0, 0.1) is 0 Å². The van der Waals surface area contributed by atoms with Gasteiger partial charge in [0, 0.05) is 28.1 Å². The summed E-state index contributed by atoms with van der Waals surface area (Å²) < 4.78 is 10.1. The second-order valence-corrected chi connectivity index (χ2v) is 8.24. The van der Waals surface area contributed by atoms with Crippen LogP contribution in [-0.4, -0.2) is 26.7 Å². The number of amides is 1. The third-order valence-corrected chi connectivity index (χ3v) is 6.72. The second kappa shape index (κ2) is 7.22. The van der Waals surface area contributed by atoms with E-state index in [0.29, 0.717) is 23.1 Å². The molecule has 1 amide bonds. The summed E-state index contributed by atoms with van der Waals surface area (Å²) in [5.74, 6) is 1.27. The summed E-state index contributed by atoms with van der Waals surface area (Å²) in [6.45, 7) is 2.56. The fraction of sp³-hybridized carbons (Fsp3) is 0.227. The third-order valence-electron chi connectivity index (χ3n) is 5.04. The minimum absolute atomic E-state index is 0.0455. The number of benzene rings is 2. The summed E-state index contributed by atoms with van der Waals surface area (Å²) in [5, 5.41) is 0.685. The van der Waals surface area contributed by atoms with E-state index < -0.39 is 4.75 Å². The van der Waals surface area contributed by atoms with Crippen molar-refractivity contribution >= 4 is 41.0 Å². The molecule has 2 aliphatic rings. The Morgan fingerprint density at radius 1 is 1.18 bits per heavy atom. The van der Waals surface area contributed by atoms with E-state index in [1.54, 1.807) is 19.1 Å². The molecular weight excluding hydrogens is 394 g/mol. The minimum Gasteiger partial charge on any atom is -0.493 e. The van der Waals surface area contributed by atoms with E-state index in [2.05, 4.69) is 0 Å². The fourth-order valence-corrected chi connectivity index (χ4v) is 5.16. The molecule has 2 heterocycles. The van der Waals surface area contributed by atoms with Crippen molar-refractivity contribution in [3.63, 3.8) is 0 Å². The van der Waals surface area contributed by atoms with Crippen molar-refractivity contribution in [2.24, 2.45) is 0 Å². The molecule has 0 aliphatic carbocycles. The van der Waals surface area contributed by atoms with Crippen molar-refractivity contribution in [3.8, 4) is 11.5 Å². The van der Waals surface area contributed by atoms with Gasteiger partial charge in [-0.3, -0.25) is 4.79 Å². The quantitative estimate of drug-likeness (QED) is 0.685. The molecule has 0 saturated carbocycles. The number of hydrogen-bond donors (Lipinski definition) is 0. The first-order valence-corrected chi connectivity index (χ1v) is 10.2. The highest BCUT2D eigenvalue weighted by molar-refractivity contribution is 8.05. The topological polar surface area (TPSA) is 38.8 Å². The van der Waals surface area contributed by atoms with Crippen LogP contribution in [-0.2, 0) is 9.54 Å². The van der Waals surface area contributed by atoms with Crippen LogP contribution < -0.4 is 14.4 Å². The summed E-state index contributed by atoms with van der Waals surface area (Å²) in [4.78, 5) is 16.2. The highest BCUT2D eigenvalue weighted by atomic mass is 35.5. The van der Waals surface area contributed by atoms with Crippen LogP contribution in [0.2, 0.25) is 5.02 Å². The first kappa shape index (κ1) is 19.0. The summed E-state index contributed by atoms with van der Waals surface area (Å²) in [6, 6.07) is 11.5. The Bertz CT molecular complexity index is 1020. The number of likely N-dealkylation sites (N-methyl/N-ethyl adjacent to an activating group) is 1. The van der Waals surface area contributed by atoms with E-state index in [4.69, 9.17) is 21.1 Å². The smallest absolute Gasteiger partial charge is 0.252 e. The van der Waals surface area contributed by atoms with E-state index in [-0.39, 0.29) is 5.91 Å². The molecule has 28 heavy (non-hydrogen) atoms. The molecule has 2 aliphatic heterocycles. The molecule has 1 unspecified atom stereocenters. The first-order chi connectivity index (χ1) is 13.5. The van der Waals surface area contributed by atoms with Crippen molar-refractivity contribution in [1.29, 1.82) is 0 Å². The lowest BCUT2D eigenvalue weighted by Crippen LogP contribution is -2.35. The van der Waals surface area contributed by atoms with E-state index >= 15 is 0 Å². The fourth-order valence-electron chi connectivity index (χ4n) is 3.66. The molecule has 6 heteroatoms. The summed E-state index contributed by atoms with van der Waals surface area (Å²) in [6.07, 6.45) is 5.98. The number of ether oxygens (including phenoxy) is 2. The molecule has 0 radical (unpaired) electrons. The maximum Gasteiger partial charge on any atom is 0.252 e. The molecule has 2 aromatic carbocycles. The monoisotopic (exact) mass is 413 g/mol. The van der Waals surface area contributed by atoms with E-state index in [0.717, 1.165) is 21.7 Å². The molecule has 144 valence electrons. The zero-order valence-corrected chi connectivity index (χ0v) is 17.4. The van der Waals surface area contributed by atoms with Gasteiger partial charge in [-0.2, -0.15) is 0 Å². The van der Waals surface area contributed by atoms with Gasteiger partial charge in [-0.05, 0) is 30.7 Å². The standard InChI is InChI=1S/C22H20ClNO3S/c1-4-24-18-13-20(27-3)19(26-2)12-16(18)22(21(24)25)10-9-15(28-22)11-14-7-5-6-8-17(14)23/h5-13H,4H2,1-3H3/b15-11-. The first-order valence-electron chi connectivity index (χ1n) is 8.97. The van der Waals surface area contributed by atoms with Gasteiger partial charge in [-0.15, -0.1) is 0 Å². The Hall–Kier alpha value is -2.37. The predicted octanol–water partition coefficient (Wildman–Crippen LogP) is 5.26. The van der Waals surface area contributed by atoms with Crippen LogP contribution in [0.5, 0.6) is 11.5 Å². The Morgan fingerprint density at radius 2 is 1.89 bits per heavy atom. The zero-order chi connectivity index (χ0) is 19.9. The number of rotatable bonds is 4. The number of hydrogen-bond acceptors (Lipinski definition) is 4. The highest BCUT2D eigenvalue weighted by Gasteiger charge is 2.52. The van der Waals surface area contributed by atoms with Crippen molar-refractivity contribution in [1.82, 2.24) is 0 Å². The van der Waals surface area contributed by atoms with E-state index in [1.807, 2.05) is 61.5 Å². The minimum atomic E-state index is -0.794. The van der Waals surface area contributed by atoms with Gasteiger partial charge in [-0.25, -0.2) is 0 Å². The Labute approximate surface area is 173 Å². The van der Waals surface area contributed by atoms with E-state index in [1.165, 1.54) is 11.8 Å². The van der Waals surface area contributed by atoms with Crippen LogP contribution in [0.1, 0.15) is 18.1 Å². The van der Waals surface area contributed by atoms with Crippen molar-refractivity contribution in [2.45, 2.75) is 11.7 Å². The number of fused-ring (bicyclic) bond motifs is 2. The Kier molecular flexibility index (Phi) is 4.89. The average molecular weight is 414 g/mol. The number of anilines is 1. The highest BCUT2D eigenvalue weighted by Crippen LogP contribution is 2.58. The molecule has 0 saturated heterocycles. The van der Waals surface area contributed by atoms with Gasteiger partial charge in [0.1, 0.15) is 4.75 Å². The van der Waals surface area contributed by atoms with Crippen LogP contribution >= 0.6 is 23.4 Å². The number of halogens is 1.